The molecule has 0 aromatic heterocycles. The fourth-order valence-electron chi connectivity index (χ4n) is 2.21. The van der Waals surface area contributed by atoms with Gasteiger partial charge in [-0.1, -0.05) is 18.2 Å². The number of benzene rings is 1. The van der Waals surface area contributed by atoms with E-state index in [1.54, 1.807) is 0 Å². The topological polar surface area (TPSA) is 68.2 Å². The zero-order valence-electron chi connectivity index (χ0n) is 10.8. The number of piperidine rings is 1. The van der Waals surface area contributed by atoms with Crippen molar-refractivity contribution in [2.75, 3.05) is 25.0 Å². The maximum atomic E-state index is 11.8. The van der Waals surface area contributed by atoms with Gasteiger partial charge in [0.1, 0.15) is 0 Å². The van der Waals surface area contributed by atoms with E-state index in [2.05, 4.69) is 21.6 Å². The van der Waals surface area contributed by atoms with Gasteiger partial charge in [-0.3, -0.25) is 4.90 Å². The Bertz CT molecular complexity index is 446. The molecule has 1 aromatic carbocycles. The summed E-state index contributed by atoms with van der Waals surface area (Å²) < 4.78 is 0. The standard InChI is InChI=1S/C14H18N4O/c15-8-11-18-9-6-13(7-10-18)17-14(19)16-12-4-2-1-3-5-12/h1-5,13H,6-7,9-11H2,(H2,16,17,19). The van der Waals surface area contributed by atoms with Crippen molar-refractivity contribution in [2.24, 2.45) is 0 Å². The molecule has 100 valence electrons. The maximum absolute atomic E-state index is 11.8. The third-order valence-corrected chi connectivity index (χ3v) is 3.25. The van der Waals surface area contributed by atoms with Gasteiger partial charge in [-0.2, -0.15) is 5.26 Å². The van der Waals surface area contributed by atoms with E-state index >= 15 is 0 Å². The van der Waals surface area contributed by atoms with Crippen LogP contribution in [0.1, 0.15) is 12.8 Å². The van der Waals surface area contributed by atoms with Crippen molar-refractivity contribution in [2.45, 2.75) is 18.9 Å². The van der Waals surface area contributed by atoms with Crippen molar-refractivity contribution in [1.29, 1.82) is 5.26 Å². The summed E-state index contributed by atoms with van der Waals surface area (Å²) in [6.45, 7) is 2.20. The van der Waals surface area contributed by atoms with Gasteiger partial charge in [-0.15, -0.1) is 0 Å². The number of anilines is 1. The van der Waals surface area contributed by atoms with E-state index < -0.39 is 0 Å². The van der Waals surface area contributed by atoms with Crippen molar-refractivity contribution in [3.8, 4) is 6.07 Å². The first-order chi connectivity index (χ1) is 9.28. The molecule has 1 aliphatic rings. The van der Waals surface area contributed by atoms with Gasteiger partial charge in [-0.25, -0.2) is 4.79 Å². The summed E-state index contributed by atoms with van der Waals surface area (Å²) in [5.74, 6) is 0. The lowest BCUT2D eigenvalue weighted by atomic mass is 10.1. The molecule has 1 fully saturated rings. The summed E-state index contributed by atoms with van der Waals surface area (Å²) in [6, 6.07) is 11.6. The number of carbonyl (C=O) groups excluding carboxylic acids is 1. The van der Waals surface area contributed by atoms with Gasteiger partial charge in [0.15, 0.2) is 0 Å². The van der Waals surface area contributed by atoms with Crippen molar-refractivity contribution >= 4 is 11.7 Å². The first-order valence-electron chi connectivity index (χ1n) is 6.50. The number of amides is 2. The minimum Gasteiger partial charge on any atom is -0.335 e. The molecule has 5 heteroatoms. The van der Waals surface area contributed by atoms with Crippen LogP contribution in [0.15, 0.2) is 30.3 Å². The van der Waals surface area contributed by atoms with Crippen LogP contribution in [0.4, 0.5) is 10.5 Å². The van der Waals surface area contributed by atoms with Crippen LogP contribution in [0.25, 0.3) is 0 Å². The number of hydrogen-bond acceptors (Lipinski definition) is 3. The molecule has 19 heavy (non-hydrogen) atoms. The summed E-state index contributed by atoms with van der Waals surface area (Å²) >= 11 is 0. The number of para-hydroxylation sites is 1. The molecule has 0 bridgehead atoms. The second kappa shape index (κ2) is 6.76. The lowest BCUT2D eigenvalue weighted by molar-refractivity contribution is 0.211. The number of likely N-dealkylation sites (tertiary alicyclic amines) is 1. The molecule has 0 atom stereocenters. The van der Waals surface area contributed by atoms with Crippen LogP contribution in [0.5, 0.6) is 0 Å². The number of carbonyl (C=O) groups is 1. The molecule has 2 amide bonds. The summed E-state index contributed by atoms with van der Waals surface area (Å²) in [6.07, 6.45) is 1.79. The van der Waals surface area contributed by atoms with E-state index in [0.29, 0.717) is 6.54 Å². The Morgan fingerprint density at radius 2 is 2.00 bits per heavy atom. The molecule has 1 saturated heterocycles. The number of hydrogen-bond donors (Lipinski definition) is 2. The van der Waals surface area contributed by atoms with Gasteiger partial charge >= 0.3 is 6.03 Å². The third-order valence-electron chi connectivity index (χ3n) is 3.25. The second-order valence-corrected chi connectivity index (χ2v) is 4.67. The number of nitrogens with one attached hydrogen (secondary N) is 2. The van der Waals surface area contributed by atoms with E-state index in [4.69, 9.17) is 5.26 Å². The Hall–Kier alpha value is -2.06. The summed E-state index contributed by atoms with van der Waals surface area (Å²) in [5, 5.41) is 14.4. The third kappa shape index (κ3) is 4.27. The number of nitriles is 1. The second-order valence-electron chi connectivity index (χ2n) is 4.67. The quantitative estimate of drug-likeness (QED) is 0.812. The van der Waals surface area contributed by atoms with Crippen molar-refractivity contribution < 1.29 is 4.79 Å². The first kappa shape index (κ1) is 13.4. The van der Waals surface area contributed by atoms with Crippen LogP contribution in [0, 0.1) is 11.3 Å². The minimum absolute atomic E-state index is 0.162. The average Bonchev–Trinajstić information content (AvgIpc) is 2.42. The highest BCUT2D eigenvalue weighted by Crippen LogP contribution is 2.10. The normalized spacial score (nSPS) is 16.6. The molecule has 0 unspecified atom stereocenters. The fourth-order valence-corrected chi connectivity index (χ4v) is 2.21. The summed E-state index contributed by atoms with van der Waals surface area (Å²) in [4.78, 5) is 13.9. The number of urea groups is 1. The molecular weight excluding hydrogens is 240 g/mol. The molecule has 2 N–H and O–H groups in total. The van der Waals surface area contributed by atoms with Crippen molar-refractivity contribution in [3.05, 3.63) is 30.3 Å². The van der Waals surface area contributed by atoms with Crippen molar-refractivity contribution in [3.63, 3.8) is 0 Å². The van der Waals surface area contributed by atoms with Gasteiger partial charge in [0.05, 0.1) is 12.6 Å². The van der Waals surface area contributed by atoms with Crippen LogP contribution in [0.2, 0.25) is 0 Å². The van der Waals surface area contributed by atoms with E-state index in [0.717, 1.165) is 31.6 Å². The zero-order chi connectivity index (χ0) is 13.5. The average molecular weight is 258 g/mol. The monoisotopic (exact) mass is 258 g/mol. The molecule has 5 nitrogen and oxygen atoms in total. The molecule has 1 heterocycles. The van der Waals surface area contributed by atoms with Crippen LogP contribution in [-0.4, -0.2) is 36.6 Å². The van der Waals surface area contributed by atoms with Crippen LogP contribution in [0.3, 0.4) is 0 Å². The fraction of sp³-hybridized carbons (Fsp3) is 0.429. The van der Waals surface area contributed by atoms with Gasteiger partial charge in [0, 0.05) is 24.8 Å². The minimum atomic E-state index is -0.162. The molecule has 2 rings (SSSR count). The molecular formula is C14H18N4O. The van der Waals surface area contributed by atoms with Crippen LogP contribution in [-0.2, 0) is 0 Å². The smallest absolute Gasteiger partial charge is 0.319 e. The Morgan fingerprint density at radius 1 is 1.32 bits per heavy atom. The lowest BCUT2D eigenvalue weighted by Gasteiger charge is -2.30. The van der Waals surface area contributed by atoms with E-state index in [1.807, 2.05) is 30.3 Å². The number of nitrogens with zero attached hydrogens (tertiary/aromatic N) is 2. The van der Waals surface area contributed by atoms with Crippen LogP contribution >= 0.6 is 0 Å². The SMILES string of the molecule is N#CCN1CCC(NC(=O)Nc2ccccc2)CC1. The molecule has 0 aliphatic carbocycles. The van der Waals surface area contributed by atoms with Crippen molar-refractivity contribution in [1.82, 2.24) is 10.2 Å². The van der Waals surface area contributed by atoms with Gasteiger partial charge < -0.3 is 10.6 Å². The summed E-state index contributed by atoms with van der Waals surface area (Å²) in [7, 11) is 0. The summed E-state index contributed by atoms with van der Waals surface area (Å²) in [5.41, 5.74) is 0.793. The van der Waals surface area contributed by atoms with E-state index in [9.17, 15) is 4.79 Å². The Morgan fingerprint density at radius 3 is 2.63 bits per heavy atom. The van der Waals surface area contributed by atoms with Gasteiger partial charge in [0.25, 0.3) is 0 Å². The van der Waals surface area contributed by atoms with Gasteiger partial charge in [-0.05, 0) is 25.0 Å². The van der Waals surface area contributed by atoms with Crippen LogP contribution < -0.4 is 10.6 Å². The largest absolute Gasteiger partial charge is 0.335 e. The predicted molar refractivity (Wildman–Crippen MR) is 73.7 cm³/mol. The molecule has 0 radical (unpaired) electrons. The Labute approximate surface area is 113 Å². The van der Waals surface area contributed by atoms with E-state index in [-0.39, 0.29) is 12.1 Å². The van der Waals surface area contributed by atoms with Gasteiger partial charge in [0.2, 0.25) is 0 Å². The number of rotatable bonds is 3. The maximum Gasteiger partial charge on any atom is 0.319 e. The highest BCUT2D eigenvalue weighted by molar-refractivity contribution is 5.89. The predicted octanol–water partition coefficient (Wildman–Crippen LogP) is 1.80. The molecule has 0 saturated carbocycles. The first-order valence-corrected chi connectivity index (χ1v) is 6.50. The lowest BCUT2D eigenvalue weighted by Crippen LogP contribution is -2.46. The molecule has 1 aromatic rings. The molecule has 0 spiro atoms. The Kier molecular flexibility index (Phi) is 4.76. The Balaban J connectivity index is 1.74. The highest BCUT2D eigenvalue weighted by atomic mass is 16.2. The molecule has 1 aliphatic heterocycles. The zero-order valence-corrected chi connectivity index (χ0v) is 10.8. The highest BCUT2D eigenvalue weighted by Gasteiger charge is 2.20. The van der Waals surface area contributed by atoms with E-state index in [1.165, 1.54) is 0 Å².